The van der Waals surface area contributed by atoms with Gasteiger partial charge < -0.3 is 10.4 Å². The van der Waals surface area contributed by atoms with E-state index in [0.29, 0.717) is 0 Å². The predicted octanol–water partition coefficient (Wildman–Crippen LogP) is 2.11. The van der Waals surface area contributed by atoms with Crippen LogP contribution in [-0.4, -0.2) is 29.7 Å². The van der Waals surface area contributed by atoms with Crippen molar-refractivity contribution in [1.29, 1.82) is 0 Å². The monoisotopic (exact) mass is 267 g/mol. The minimum absolute atomic E-state index is 0.00950. The van der Waals surface area contributed by atoms with E-state index in [0.717, 1.165) is 12.0 Å². The Bertz CT molecular complexity index is 422. The van der Waals surface area contributed by atoms with Crippen LogP contribution in [0.15, 0.2) is 30.3 Å². The number of carbonyl (C=O) groups excluding carboxylic acids is 1. The van der Waals surface area contributed by atoms with Crippen LogP contribution >= 0.6 is 0 Å². The molecular formula is C14H18FNO3. The van der Waals surface area contributed by atoms with E-state index in [2.05, 4.69) is 5.32 Å². The molecule has 1 rings (SSSR count). The van der Waals surface area contributed by atoms with Crippen molar-refractivity contribution in [1.82, 2.24) is 5.32 Å². The molecular weight excluding hydrogens is 249 g/mol. The number of halogens is 1. The molecule has 4 nitrogen and oxygen atoms in total. The van der Waals surface area contributed by atoms with E-state index in [1.165, 1.54) is 0 Å². The minimum Gasteiger partial charge on any atom is -0.480 e. The lowest BCUT2D eigenvalue weighted by Gasteiger charge is -2.16. The van der Waals surface area contributed by atoms with Gasteiger partial charge in [-0.25, -0.2) is 9.18 Å². The fraction of sp³-hybridized carbons (Fsp3) is 0.429. The molecule has 0 bridgehead atoms. The van der Waals surface area contributed by atoms with E-state index < -0.39 is 24.6 Å². The molecule has 0 saturated heterocycles. The first-order valence-corrected chi connectivity index (χ1v) is 6.21. The summed E-state index contributed by atoms with van der Waals surface area (Å²) in [5, 5.41) is 10.9. The van der Waals surface area contributed by atoms with Crippen molar-refractivity contribution in [3.05, 3.63) is 35.9 Å². The van der Waals surface area contributed by atoms with E-state index in [1.54, 1.807) is 0 Å². The lowest BCUT2D eigenvalue weighted by atomic mass is 9.93. The number of amides is 1. The highest BCUT2D eigenvalue weighted by molar-refractivity contribution is 5.84. The molecule has 0 aromatic heterocycles. The van der Waals surface area contributed by atoms with Crippen LogP contribution < -0.4 is 5.32 Å². The number of hydrogen-bond donors (Lipinski definition) is 2. The van der Waals surface area contributed by atoms with E-state index in [1.807, 2.05) is 37.3 Å². The highest BCUT2D eigenvalue weighted by Gasteiger charge is 2.21. The second kappa shape index (κ2) is 7.51. The van der Waals surface area contributed by atoms with Crippen molar-refractivity contribution >= 4 is 11.9 Å². The predicted molar refractivity (Wildman–Crippen MR) is 69.6 cm³/mol. The number of carbonyl (C=O) groups is 2. The molecule has 0 heterocycles. The van der Waals surface area contributed by atoms with E-state index in [9.17, 15) is 14.0 Å². The molecule has 0 aliphatic rings. The van der Waals surface area contributed by atoms with Gasteiger partial charge in [0.05, 0.1) is 0 Å². The minimum atomic E-state index is -1.46. The van der Waals surface area contributed by atoms with E-state index in [4.69, 9.17) is 5.11 Å². The summed E-state index contributed by atoms with van der Waals surface area (Å²) in [7, 11) is 0. The van der Waals surface area contributed by atoms with Gasteiger partial charge in [-0.2, -0.15) is 0 Å². The summed E-state index contributed by atoms with van der Waals surface area (Å²) in [4.78, 5) is 22.4. The van der Waals surface area contributed by atoms with Crippen LogP contribution in [0, 0.1) is 0 Å². The summed E-state index contributed by atoms with van der Waals surface area (Å²) < 4.78 is 12.4. The van der Waals surface area contributed by atoms with Crippen LogP contribution in [0.4, 0.5) is 4.39 Å². The number of carboxylic acid groups (broad SMARTS) is 1. The molecule has 1 amide bonds. The van der Waals surface area contributed by atoms with Gasteiger partial charge in [0.15, 0.2) is 6.04 Å². The number of hydrogen-bond acceptors (Lipinski definition) is 2. The molecule has 19 heavy (non-hydrogen) atoms. The average molecular weight is 267 g/mol. The summed E-state index contributed by atoms with van der Waals surface area (Å²) >= 11 is 0. The molecule has 2 unspecified atom stereocenters. The Morgan fingerprint density at radius 1 is 1.32 bits per heavy atom. The third-order valence-corrected chi connectivity index (χ3v) is 2.98. The lowest BCUT2D eigenvalue weighted by Crippen LogP contribution is -2.42. The molecule has 0 aliphatic carbocycles. The lowest BCUT2D eigenvalue weighted by molar-refractivity contribution is -0.142. The standard InChI is InChI=1S/C14H18FNO3/c1-2-10(11-6-4-3-5-7-11)8-13(17)16-12(9-15)14(18)19/h3-7,10,12H,2,8-9H2,1H3,(H,16,17)(H,18,19). The molecule has 2 atom stereocenters. The first-order chi connectivity index (χ1) is 9.08. The van der Waals surface area contributed by atoms with Gasteiger partial charge in [0.25, 0.3) is 0 Å². The molecule has 0 spiro atoms. The Morgan fingerprint density at radius 3 is 2.42 bits per heavy atom. The highest BCUT2D eigenvalue weighted by Crippen LogP contribution is 2.22. The van der Waals surface area contributed by atoms with Crippen molar-refractivity contribution in [3.8, 4) is 0 Å². The highest BCUT2D eigenvalue weighted by atomic mass is 19.1. The normalized spacial score (nSPS) is 13.6. The maximum Gasteiger partial charge on any atom is 0.328 e. The van der Waals surface area contributed by atoms with Gasteiger partial charge in [-0.15, -0.1) is 0 Å². The average Bonchev–Trinajstić information content (AvgIpc) is 2.42. The van der Waals surface area contributed by atoms with Gasteiger partial charge >= 0.3 is 5.97 Å². The van der Waals surface area contributed by atoms with Crippen molar-refractivity contribution in [2.75, 3.05) is 6.67 Å². The first kappa shape index (κ1) is 15.1. The third kappa shape index (κ3) is 4.69. The summed E-state index contributed by atoms with van der Waals surface area (Å²) in [5.41, 5.74) is 1.02. The molecule has 1 aromatic carbocycles. The summed E-state index contributed by atoms with van der Waals surface area (Å²) in [6.07, 6.45) is 0.912. The Balaban J connectivity index is 2.61. The molecule has 104 valence electrons. The van der Waals surface area contributed by atoms with E-state index in [-0.39, 0.29) is 12.3 Å². The van der Waals surface area contributed by atoms with Crippen LogP contribution in [0.1, 0.15) is 31.2 Å². The smallest absolute Gasteiger partial charge is 0.328 e. The van der Waals surface area contributed by atoms with E-state index >= 15 is 0 Å². The maximum atomic E-state index is 12.4. The summed E-state index contributed by atoms with van der Waals surface area (Å²) in [5.74, 6) is -1.79. The van der Waals surface area contributed by atoms with Gasteiger partial charge in [-0.1, -0.05) is 37.3 Å². The molecule has 2 N–H and O–H groups in total. The number of rotatable bonds is 7. The van der Waals surface area contributed by atoms with Crippen molar-refractivity contribution in [2.45, 2.75) is 31.7 Å². The molecule has 1 aromatic rings. The first-order valence-electron chi connectivity index (χ1n) is 6.21. The summed E-state index contributed by atoms with van der Waals surface area (Å²) in [6, 6.07) is 8.05. The van der Waals surface area contributed by atoms with Crippen LogP contribution in [0.3, 0.4) is 0 Å². The van der Waals surface area contributed by atoms with Gasteiger partial charge in [0.2, 0.25) is 5.91 Å². The zero-order chi connectivity index (χ0) is 14.3. The second-order valence-corrected chi connectivity index (χ2v) is 4.33. The van der Waals surface area contributed by atoms with Crippen molar-refractivity contribution in [2.24, 2.45) is 0 Å². The summed E-state index contributed by atoms with van der Waals surface area (Å²) in [6.45, 7) is 0.845. The molecule has 0 aliphatic heterocycles. The number of nitrogens with one attached hydrogen (secondary N) is 1. The Labute approximate surface area is 111 Å². The van der Waals surface area contributed by atoms with Crippen LogP contribution in [0.5, 0.6) is 0 Å². The Kier molecular flexibility index (Phi) is 5.99. The van der Waals surface area contributed by atoms with Gasteiger partial charge in [-0.3, -0.25) is 4.79 Å². The van der Waals surface area contributed by atoms with Crippen molar-refractivity contribution in [3.63, 3.8) is 0 Å². The quantitative estimate of drug-likeness (QED) is 0.795. The Morgan fingerprint density at radius 2 is 1.95 bits per heavy atom. The zero-order valence-electron chi connectivity index (χ0n) is 10.8. The molecule has 5 heteroatoms. The number of carboxylic acids is 1. The van der Waals surface area contributed by atoms with Crippen LogP contribution in [0.25, 0.3) is 0 Å². The van der Waals surface area contributed by atoms with Crippen LogP contribution in [0.2, 0.25) is 0 Å². The van der Waals surface area contributed by atoms with Gasteiger partial charge in [0.1, 0.15) is 6.67 Å². The number of aliphatic carboxylic acids is 1. The molecule has 0 radical (unpaired) electrons. The zero-order valence-corrected chi connectivity index (χ0v) is 10.8. The topological polar surface area (TPSA) is 66.4 Å². The van der Waals surface area contributed by atoms with Gasteiger partial charge in [-0.05, 0) is 17.9 Å². The second-order valence-electron chi connectivity index (χ2n) is 4.33. The van der Waals surface area contributed by atoms with Crippen LogP contribution in [-0.2, 0) is 9.59 Å². The Hall–Kier alpha value is -1.91. The van der Waals surface area contributed by atoms with Gasteiger partial charge in [0, 0.05) is 6.42 Å². The molecule has 0 fully saturated rings. The number of alkyl halides is 1. The maximum absolute atomic E-state index is 12.4. The largest absolute Gasteiger partial charge is 0.480 e. The van der Waals surface area contributed by atoms with Crippen molar-refractivity contribution < 1.29 is 19.1 Å². The third-order valence-electron chi connectivity index (χ3n) is 2.98. The fourth-order valence-electron chi connectivity index (χ4n) is 1.87. The number of benzene rings is 1. The SMILES string of the molecule is CCC(CC(=O)NC(CF)C(=O)O)c1ccccc1. The fourth-order valence-corrected chi connectivity index (χ4v) is 1.87. The molecule has 0 saturated carbocycles.